The van der Waals surface area contributed by atoms with Crippen molar-refractivity contribution < 1.29 is 5.11 Å². The Hall–Kier alpha value is -1.33. The lowest BCUT2D eigenvalue weighted by Gasteiger charge is -2.21. The van der Waals surface area contributed by atoms with Crippen molar-refractivity contribution in [2.45, 2.75) is 13.3 Å². The average Bonchev–Trinajstić information content (AvgIpc) is 2.57. The van der Waals surface area contributed by atoms with Crippen LogP contribution >= 0.6 is 11.6 Å². The number of aliphatic hydroxyl groups is 1. The van der Waals surface area contributed by atoms with E-state index in [-0.39, 0.29) is 0 Å². The van der Waals surface area contributed by atoms with Gasteiger partial charge in [-0.05, 0) is 24.6 Å². The number of nitrogens with one attached hydrogen (secondary N) is 1. The molecular weight excluding hydrogens is 204 g/mol. The molecule has 1 aromatic rings. The van der Waals surface area contributed by atoms with Crippen molar-refractivity contribution in [2.75, 3.05) is 5.01 Å². The highest BCUT2D eigenvalue weighted by Crippen LogP contribution is 2.27. The molecule has 0 aliphatic carbocycles. The summed E-state index contributed by atoms with van der Waals surface area (Å²) in [4.78, 5) is 0. The molecule has 1 atom stereocenters. The van der Waals surface area contributed by atoms with Gasteiger partial charge in [-0.25, -0.2) is 5.01 Å². The molecule has 0 bridgehead atoms. The van der Waals surface area contributed by atoms with Gasteiger partial charge in [0.2, 0.25) is 0 Å². The van der Waals surface area contributed by atoms with E-state index in [1.165, 1.54) is 5.01 Å². The van der Waals surface area contributed by atoms with Crippen molar-refractivity contribution in [2.24, 2.45) is 10.3 Å². The molecule has 14 heavy (non-hydrogen) atoms. The molecule has 1 unspecified atom stereocenters. The Morgan fingerprint density at radius 2 is 2.36 bits per heavy atom. The molecule has 6 heteroatoms. The van der Waals surface area contributed by atoms with Crippen LogP contribution in [0.4, 0.5) is 5.69 Å². The second kappa shape index (κ2) is 3.43. The Kier molecular flexibility index (Phi) is 2.26. The van der Waals surface area contributed by atoms with E-state index in [1.807, 2.05) is 13.0 Å². The van der Waals surface area contributed by atoms with Crippen molar-refractivity contribution in [1.29, 1.82) is 0 Å². The molecule has 2 N–H and O–H groups in total. The topological polar surface area (TPSA) is 60.2 Å². The van der Waals surface area contributed by atoms with E-state index < -0.39 is 6.35 Å². The molecule has 0 radical (unpaired) electrons. The lowest BCUT2D eigenvalue weighted by molar-refractivity contribution is 0.183. The van der Waals surface area contributed by atoms with Gasteiger partial charge in [-0.3, -0.25) is 0 Å². The maximum atomic E-state index is 9.42. The summed E-state index contributed by atoms with van der Waals surface area (Å²) in [5, 5.41) is 18.5. The first kappa shape index (κ1) is 9.23. The highest BCUT2D eigenvalue weighted by Gasteiger charge is 2.22. The summed E-state index contributed by atoms with van der Waals surface area (Å²) in [7, 11) is 0. The Balaban J connectivity index is 2.37. The van der Waals surface area contributed by atoms with E-state index in [9.17, 15) is 5.11 Å². The third kappa shape index (κ3) is 1.40. The minimum Gasteiger partial charge on any atom is -0.352 e. The van der Waals surface area contributed by atoms with Crippen molar-refractivity contribution >= 4 is 17.3 Å². The fourth-order valence-electron chi connectivity index (χ4n) is 1.26. The van der Waals surface area contributed by atoms with Gasteiger partial charge in [0.05, 0.1) is 5.69 Å². The minimum absolute atomic E-state index is 0.642. The summed E-state index contributed by atoms with van der Waals surface area (Å²) < 4.78 is 0. The lowest BCUT2D eigenvalue weighted by atomic mass is 10.2. The molecule has 1 aliphatic rings. The molecule has 1 heterocycles. The normalized spacial score (nSPS) is 19.9. The molecule has 0 amide bonds. The largest absolute Gasteiger partial charge is 0.352 e. The molecule has 0 fully saturated rings. The van der Waals surface area contributed by atoms with Crippen molar-refractivity contribution in [3.05, 3.63) is 28.8 Å². The van der Waals surface area contributed by atoms with Crippen molar-refractivity contribution in [1.82, 2.24) is 5.53 Å². The molecular formula is C8H9ClN4O. The van der Waals surface area contributed by atoms with Gasteiger partial charge in [-0.2, -0.15) is 5.53 Å². The van der Waals surface area contributed by atoms with Gasteiger partial charge < -0.3 is 5.11 Å². The van der Waals surface area contributed by atoms with Crippen LogP contribution < -0.4 is 10.5 Å². The predicted molar refractivity (Wildman–Crippen MR) is 52.7 cm³/mol. The summed E-state index contributed by atoms with van der Waals surface area (Å²) in [5.74, 6) is 0. The fraction of sp³-hybridized carbons (Fsp3) is 0.250. The zero-order valence-electron chi connectivity index (χ0n) is 7.48. The number of hydrogen-bond donors (Lipinski definition) is 2. The molecule has 1 aliphatic heterocycles. The SMILES string of the molecule is Cc1c(Cl)cccc1N1NN=NC1O. The Morgan fingerprint density at radius 3 is 3.00 bits per heavy atom. The second-order valence-corrected chi connectivity index (χ2v) is 3.32. The number of hydrazine groups is 1. The summed E-state index contributed by atoms with van der Waals surface area (Å²) in [6.07, 6.45) is -0.993. The van der Waals surface area contributed by atoms with Gasteiger partial charge in [-0.1, -0.05) is 22.9 Å². The van der Waals surface area contributed by atoms with E-state index in [4.69, 9.17) is 11.6 Å². The molecule has 5 nitrogen and oxygen atoms in total. The van der Waals surface area contributed by atoms with Crippen LogP contribution in [-0.4, -0.2) is 11.5 Å². The minimum atomic E-state index is -0.993. The van der Waals surface area contributed by atoms with Crippen LogP contribution in [0.15, 0.2) is 28.5 Å². The fourth-order valence-corrected chi connectivity index (χ4v) is 1.43. The zero-order valence-corrected chi connectivity index (χ0v) is 8.23. The van der Waals surface area contributed by atoms with Gasteiger partial charge in [0.25, 0.3) is 6.35 Å². The van der Waals surface area contributed by atoms with Crippen LogP contribution in [0.3, 0.4) is 0 Å². The first-order valence-electron chi connectivity index (χ1n) is 4.08. The quantitative estimate of drug-likeness (QED) is 0.744. The van der Waals surface area contributed by atoms with Crippen LogP contribution in [-0.2, 0) is 0 Å². The van der Waals surface area contributed by atoms with Gasteiger partial charge in [0.1, 0.15) is 0 Å². The van der Waals surface area contributed by atoms with Gasteiger partial charge >= 0.3 is 0 Å². The summed E-state index contributed by atoms with van der Waals surface area (Å²) in [6.45, 7) is 1.87. The summed E-state index contributed by atoms with van der Waals surface area (Å²) >= 11 is 5.94. The molecule has 0 spiro atoms. The average molecular weight is 213 g/mol. The zero-order chi connectivity index (χ0) is 10.1. The van der Waals surface area contributed by atoms with Crippen LogP contribution in [0.1, 0.15) is 5.56 Å². The maximum Gasteiger partial charge on any atom is 0.265 e. The third-order valence-corrected chi connectivity index (χ3v) is 2.45. The molecule has 1 aromatic carbocycles. The maximum absolute atomic E-state index is 9.42. The number of anilines is 1. The van der Waals surface area contributed by atoms with Gasteiger partial charge in [0.15, 0.2) is 0 Å². The molecule has 74 valence electrons. The van der Waals surface area contributed by atoms with E-state index >= 15 is 0 Å². The molecule has 0 saturated carbocycles. The second-order valence-electron chi connectivity index (χ2n) is 2.92. The van der Waals surface area contributed by atoms with E-state index in [0.717, 1.165) is 11.3 Å². The predicted octanol–water partition coefficient (Wildman–Crippen LogP) is 1.62. The standard InChI is InChI=1S/C8H9ClN4O/c1-5-6(9)3-2-4-7(5)13-8(14)10-11-12-13/h2-4,8,14H,1H3,(H,10,12). The van der Waals surface area contributed by atoms with Crippen LogP contribution in [0, 0.1) is 6.92 Å². The highest BCUT2D eigenvalue weighted by atomic mass is 35.5. The highest BCUT2D eigenvalue weighted by molar-refractivity contribution is 6.31. The van der Waals surface area contributed by atoms with Crippen molar-refractivity contribution in [3.63, 3.8) is 0 Å². The van der Waals surface area contributed by atoms with Gasteiger partial charge in [0, 0.05) is 5.02 Å². The number of halogens is 1. The number of aliphatic hydroxyl groups excluding tert-OH is 1. The first-order valence-corrected chi connectivity index (χ1v) is 4.46. The van der Waals surface area contributed by atoms with Gasteiger partial charge in [-0.15, -0.1) is 5.11 Å². The smallest absolute Gasteiger partial charge is 0.265 e. The Morgan fingerprint density at radius 1 is 1.57 bits per heavy atom. The van der Waals surface area contributed by atoms with Crippen molar-refractivity contribution in [3.8, 4) is 0 Å². The summed E-state index contributed by atoms with van der Waals surface area (Å²) in [6, 6.07) is 5.42. The van der Waals surface area contributed by atoms with E-state index in [2.05, 4.69) is 15.9 Å². The van der Waals surface area contributed by atoms with Crippen LogP contribution in [0.25, 0.3) is 0 Å². The monoisotopic (exact) mass is 212 g/mol. The van der Waals surface area contributed by atoms with E-state index in [0.29, 0.717) is 5.02 Å². The summed E-state index contributed by atoms with van der Waals surface area (Å²) in [5.41, 5.74) is 4.20. The Bertz CT molecular complexity index is 382. The van der Waals surface area contributed by atoms with Crippen LogP contribution in [0.5, 0.6) is 0 Å². The first-order chi connectivity index (χ1) is 6.70. The lowest BCUT2D eigenvalue weighted by Crippen LogP contribution is -2.37. The molecule has 0 saturated heterocycles. The number of benzene rings is 1. The number of hydrogen-bond acceptors (Lipinski definition) is 5. The number of rotatable bonds is 1. The molecule has 0 aromatic heterocycles. The van der Waals surface area contributed by atoms with E-state index in [1.54, 1.807) is 12.1 Å². The Labute approximate surface area is 85.9 Å². The number of nitrogens with zero attached hydrogens (tertiary/aromatic N) is 3. The van der Waals surface area contributed by atoms with Crippen LogP contribution in [0.2, 0.25) is 5.02 Å². The third-order valence-electron chi connectivity index (χ3n) is 2.04. The molecule has 2 rings (SSSR count).